The van der Waals surface area contributed by atoms with Crippen LogP contribution in [0.25, 0.3) is 5.65 Å². The smallest absolute Gasteiger partial charge is 0.180 e. The quantitative estimate of drug-likeness (QED) is 0.676. The van der Waals surface area contributed by atoms with E-state index in [0.29, 0.717) is 6.61 Å². The summed E-state index contributed by atoms with van der Waals surface area (Å²) in [6.07, 6.45) is 3.98. The minimum atomic E-state index is 0.554. The molecule has 3 aromatic rings. The van der Waals surface area contributed by atoms with E-state index in [1.54, 1.807) is 0 Å². The summed E-state index contributed by atoms with van der Waals surface area (Å²) in [4.78, 5) is 4.54. The summed E-state index contributed by atoms with van der Waals surface area (Å²) in [7, 11) is 6.53. The van der Waals surface area contributed by atoms with Gasteiger partial charge in [0.2, 0.25) is 0 Å². The first-order valence-corrected chi connectivity index (χ1v) is 7.45. The van der Waals surface area contributed by atoms with Gasteiger partial charge in [-0.05, 0) is 17.7 Å². The maximum Gasteiger partial charge on any atom is 0.180 e. The van der Waals surface area contributed by atoms with Crippen molar-refractivity contribution in [3.63, 3.8) is 0 Å². The van der Waals surface area contributed by atoms with Crippen molar-refractivity contribution in [1.29, 1.82) is 0 Å². The minimum Gasteiger partial charge on any atom is -0.485 e. The Balaban J connectivity index is 1.85. The van der Waals surface area contributed by atoms with E-state index in [-0.39, 0.29) is 0 Å². The van der Waals surface area contributed by atoms with Gasteiger partial charge < -0.3 is 9.22 Å². The van der Waals surface area contributed by atoms with E-state index in [2.05, 4.69) is 42.7 Å². The molecule has 2 aromatic heterocycles. The Morgan fingerprint density at radius 3 is 2.55 bits per heavy atom. The highest BCUT2D eigenvalue weighted by Crippen LogP contribution is 2.21. The first kappa shape index (κ1) is 14.6. The Bertz CT molecular complexity index is 757. The fourth-order valence-corrected chi connectivity index (χ4v) is 2.49. The third-order valence-electron chi connectivity index (χ3n) is 3.45. The molecule has 114 valence electrons. The molecule has 22 heavy (non-hydrogen) atoms. The zero-order valence-electron chi connectivity index (χ0n) is 13.4. The standard InChI is InChI=1S/C18H22N3O/c1-21(2,3)13-16-12-19-18-17(10-7-11-20(16)18)22-14-15-8-5-4-6-9-15/h4-12H,13-14H2,1-3H3/q+1. The number of hydrogen-bond donors (Lipinski definition) is 0. The topological polar surface area (TPSA) is 26.5 Å². The van der Waals surface area contributed by atoms with Crippen molar-refractivity contribution in [1.82, 2.24) is 9.38 Å². The molecule has 1 aromatic carbocycles. The van der Waals surface area contributed by atoms with E-state index in [4.69, 9.17) is 4.74 Å². The molecule has 0 spiro atoms. The highest BCUT2D eigenvalue weighted by atomic mass is 16.5. The van der Waals surface area contributed by atoms with Crippen molar-refractivity contribution in [3.8, 4) is 5.75 Å². The third kappa shape index (κ3) is 3.28. The van der Waals surface area contributed by atoms with Crippen LogP contribution >= 0.6 is 0 Å². The molecule has 0 aliphatic carbocycles. The molecule has 0 saturated heterocycles. The van der Waals surface area contributed by atoms with Crippen molar-refractivity contribution < 1.29 is 9.22 Å². The van der Waals surface area contributed by atoms with Gasteiger partial charge in [0, 0.05) is 6.20 Å². The fourth-order valence-electron chi connectivity index (χ4n) is 2.49. The van der Waals surface area contributed by atoms with E-state index in [9.17, 15) is 0 Å². The molecular formula is C18H22N3O+. The summed E-state index contributed by atoms with van der Waals surface area (Å²) in [5.74, 6) is 0.819. The van der Waals surface area contributed by atoms with Gasteiger partial charge in [0.25, 0.3) is 0 Å². The van der Waals surface area contributed by atoms with Crippen LogP contribution in [0.5, 0.6) is 5.75 Å². The number of benzene rings is 1. The van der Waals surface area contributed by atoms with Gasteiger partial charge in [-0.25, -0.2) is 4.98 Å². The molecule has 0 unspecified atom stereocenters. The first-order chi connectivity index (χ1) is 10.5. The lowest BCUT2D eigenvalue weighted by Crippen LogP contribution is -2.33. The summed E-state index contributed by atoms with van der Waals surface area (Å²) in [5.41, 5.74) is 3.22. The van der Waals surface area contributed by atoms with Crippen LogP contribution in [0, 0.1) is 0 Å². The normalized spacial score (nSPS) is 11.8. The van der Waals surface area contributed by atoms with Crippen molar-refractivity contribution in [3.05, 3.63) is 66.1 Å². The molecule has 0 fully saturated rings. The van der Waals surface area contributed by atoms with Gasteiger partial charge in [0.1, 0.15) is 13.2 Å². The maximum atomic E-state index is 5.96. The number of aromatic nitrogens is 2. The van der Waals surface area contributed by atoms with Crippen LogP contribution in [0.3, 0.4) is 0 Å². The van der Waals surface area contributed by atoms with Crippen molar-refractivity contribution in [2.75, 3.05) is 21.1 Å². The van der Waals surface area contributed by atoms with E-state index in [1.807, 2.05) is 42.7 Å². The summed E-state index contributed by atoms with van der Waals surface area (Å²) >= 11 is 0. The van der Waals surface area contributed by atoms with Crippen molar-refractivity contribution >= 4 is 5.65 Å². The molecule has 4 nitrogen and oxygen atoms in total. The highest BCUT2D eigenvalue weighted by molar-refractivity contribution is 5.54. The number of nitrogens with zero attached hydrogens (tertiary/aromatic N) is 3. The Morgan fingerprint density at radius 1 is 1.05 bits per heavy atom. The summed E-state index contributed by atoms with van der Waals surface area (Å²) in [5, 5.41) is 0. The molecule has 0 aliphatic heterocycles. The predicted molar refractivity (Wildman–Crippen MR) is 87.7 cm³/mol. The lowest BCUT2D eigenvalue weighted by molar-refractivity contribution is -0.884. The molecular weight excluding hydrogens is 274 g/mol. The molecule has 0 amide bonds. The second kappa shape index (κ2) is 5.81. The Labute approximate surface area is 131 Å². The summed E-state index contributed by atoms with van der Waals surface area (Å²) < 4.78 is 8.94. The second-order valence-corrected chi connectivity index (χ2v) is 6.54. The maximum absolute atomic E-state index is 5.96. The molecule has 3 rings (SSSR count). The lowest BCUT2D eigenvalue weighted by Gasteiger charge is -2.23. The molecule has 0 radical (unpaired) electrons. The van der Waals surface area contributed by atoms with Gasteiger partial charge in [0.05, 0.1) is 33.0 Å². The molecule has 0 saturated carbocycles. The average molecular weight is 296 g/mol. The summed E-state index contributed by atoms with van der Waals surface area (Å²) in [6.45, 7) is 1.47. The molecule has 0 atom stereocenters. The van der Waals surface area contributed by atoms with Crippen LogP contribution in [0.4, 0.5) is 0 Å². The molecule has 4 heteroatoms. The predicted octanol–water partition coefficient (Wildman–Crippen LogP) is 3.12. The number of imidazole rings is 1. The van der Waals surface area contributed by atoms with Crippen LogP contribution in [-0.2, 0) is 13.2 Å². The minimum absolute atomic E-state index is 0.554. The fraction of sp³-hybridized carbons (Fsp3) is 0.278. The van der Waals surface area contributed by atoms with Gasteiger partial charge in [-0.15, -0.1) is 0 Å². The van der Waals surface area contributed by atoms with E-state index < -0.39 is 0 Å². The number of pyridine rings is 1. The summed E-state index contributed by atoms with van der Waals surface area (Å²) in [6, 6.07) is 14.2. The zero-order chi connectivity index (χ0) is 15.6. The van der Waals surface area contributed by atoms with Gasteiger partial charge >= 0.3 is 0 Å². The largest absolute Gasteiger partial charge is 0.485 e. The number of fused-ring (bicyclic) bond motifs is 1. The monoisotopic (exact) mass is 296 g/mol. The lowest BCUT2D eigenvalue weighted by atomic mass is 10.2. The molecule has 2 heterocycles. The number of quaternary nitrogens is 1. The third-order valence-corrected chi connectivity index (χ3v) is 3.45. The van der Waals surface area contributed by atoms with Gasteiger partial charge in [-0.2, -0.15) is 0 Å². The van der Waals surface area contributed by atoms with E-state index in [1.165, 1.54) is 5.69 Å². The molecule has 0 bridgehead atoms. The van der Waals surface area contributed by atoms with Crippen LogP contribution in [0.2, 0.25) is 0 Å². The Morgan fingerprint density at radius 2 is 1.82 bits per heavy atom. The van der Waals surface area contributed by atoms with Crippen LogP contribution in [0.15, 0.2) is 54.9 Å². The number of hydrogen-bond acceptors (Lipinski definition) is 2. The van der Waals surface area contributed by atoms with Crippen molar-refractivity contribution in [2.45, 2.75) is 13.2 Å². The van der Waals surface area contributed by atoms with E-state index >= 15 is 0 Å². The van der Waals surface area contributed by atoms with Crippen LogP contribution < -0.4 is 4.74 Å². The second-order valence-electron chi connectivity index (χ2n) is 6.54. The number of ether oxygens (including phenoxy) is 1. The number of rotatable bonds is 5. The van der Waals surface area contributed by atoms with Crippen LogP contribution in [-0.4, -0.2) is 35.0 Å². The molecule has 0 aliphatic rings. The highest BCUT2D eigenvalue weighted by Gasteiger charge is 2.14. The van der Waals surface area contributed by atoms with Gasteiger partial charge in [-0.3, -0.25) is 4.40 Å². The Hall–Kier alpha value is -2.33. The first-order valence-electron chi connectivity index (χ1n) is 7.45. The van der Waals surface area contributed by atoms with Crippen molar-refractivity contribution in [2.24, 2.45) is 0 Å². The SMILES string of the molecule is C[N+](C)(C)Cc1cnc2c(OCc3ccccc3)cccn12. The van der Waals surface area contributed by atoms with Crippen LogP contribution in [0.1, 0.15) is 11.3 Å². The average Bonchev–Trinajstić information content (AvgIpc) is 2.88. The van der Waals surface area contributed by atoms with Gasteiger partial charge in [-0.1, -0.05) is 30.3 Å². The zero-order valence-corrected chi connectivity index (χ0v) is 13.4. The Kier molecular flexibility index (Phi) is 3.86. The van der Waals surface area contributed by atoms with Gasteiger partial charge in [0.15, 0.2) is 11.4 Å². The molecule has 0 N–H and O–H groups in total. The van der Waals surface area contributed by atoms with E-state index in [0.717, 1.165) is 28.0 Å².